The van der Waals surface area contributed by atoms with Gasteiger partial charge in [-0.25, -0.2) is 4.39 Å². The van der Waals surface area contributed by atoms with Crippen molar-refractivity contribution >= 4 is 28.9 Å². The topological polar surface area (TPSA) is 63.8 Å². The van der Waals surface area contributed by atoms with Crippen LogP contribution >= 0.6 is 23.2 Å². The van der Waals surface area contributed by atoms with E-state index >= 15 is 0 Å². The zero-order valence-electron chi connectivity index (χ0n) is 10.7. The van der Waals surface area contributed by atoms with E-state index in [0.717, 1.165) is 11.3 Å². The number of phenols is 1. The van der Waals surface area contributed by atoms with E-state index in [1.54, 1.807) is 19.1 Å². The van der Waals surface area contributed by atoms with Crippen molar-refractivity contribution in [3.63, 3.8) is 0 Å². The van der Waals surface area contributed by atoms with Crippen molar-refractivity contribution in [3.05, 3.63) is 57.3 Å². The predicted molar refractivity (Wildman–Crippen MR) is 80.2 cm³/mol. The van der Waals surface area contributed by atoms with Gasteiger partial charge in [-0.05, 0) is 42.8 Å². The lowest BCUT2D eigenvalue weighted by molar-refractivity contribution is 0.469. The number of nitrogens with one attached hydrogen (secondary N) is 1. The molecule has 0 bridgehead atoms. The number of phenolic OH excluding ortho intramolecular Hbond substituents is 1. The number of aromatic hydroxyl groups is 1. The van der Waals surface area contributed by atoms with E-state index in [9.17, 15) is 9.50 Å². The SMILES string of the molecule is Cc1cc(F)ccc1NCc1cc(Cl)cc(Cl)c1O.O. The number of rotatable bonds is 3. The minimum atomic E-state index is -0.281. The van der Waals surface area contributed by atoms with Gasteiger partial charge in [0.05, 0.1) is 5.02 Å². The molecule has 0 atom stereocenters. The number of aryl methyl sites for hydroxylation is 1. The molecule has 0 spiro atoms. The molecule has 2 aromatic carbocycles. The van der Waals surface area contributed by atoms with Crippen LogP contribution in [0.5, 0.6) is 5.75 Å². The van der Waals surface area contributed by atoms with Gasteiger partial charge >= 0.3 is 0 Å². The molecular weight excluding hydrogens is 304 g/mol. The normalized spacial score (nSPS) is 10.0. The second-order valence-electron chi connectivity index (χ2n) is 4.21. The fraction of sp³-hybridized carbons (Fsp3) is 0.143. The molecule has 2 aromatic rings. The van der Waals surface area contributed by atoms with Crippen LogP contribution in [0.2, 0.25) is 10.0 Å². The van der Waals surface area contributed by atoms with E-state index in [-0.39, 0.29) is 22.1 Å². The Morgan fingerprint density at radius 2 is 1.90 bits per heavy atom. The van der Waals surface area contributed by atoms with Gasteiger partial charge in [0, 0.05) is 22.8 Å². The minimum absolute atomic E-state index is 0. The standard InChI is InChI=1S/C14H12Cl2FNO.H2O/c1-8-4-11(17)2-3-13(8)18-7-9-5-10(15)6-12(16)14(9)19;/h2-6,18-19H,7H2,1H3;1H2. The van der Waals surface area contributed by atoms with Crippen LogP contribution in [-0.4, -0.2) is 10.6 Å². The van der Waals surface area contributed by atoms with Crippen molar-refractivity contribution in [1.82, 2.24) is 0 Å². The molecular formula is C14H14Cl2FNO2. The van der Waals surface area contributed by atoms with Crippen molar-refractivity contribution in [2.24, 2.45) is 0 Å². The average Bonchev–Trinajstić information content (AvgIpc) is 2.33. The summed E-state index contributed by atoms with van der Waals surface area (Å²) in [6.07, 6.45) is 0. The fourth-order valence-electron chi connectivity index (χ4n) is 1.77. The summed E-state index contributed by atoms with van der Waals surface area (Å²) in [7, 11) is 0. The van der Waals surface area contributed by atoms with Gasteiger partial charge in [0.1, 0.15) is 11.6 Å². The molecule has 0 unspecified atom stereocenters. The predicted octanol–water partition coefficient (Wildman–Crippen LogP) is 3.93. The molecule has 2 rings (SSSR count). The lowest BCUT2D eigenvalue weighted by Crippen LogP contribution is -2.02. The van der Waals surface area contributed by atoms with E-state index < -0.39 is 0 Å². The van der Waals surface area contributed by atoms with Crippen LogP contribution in [0.1, 0.15) is 11.1 Å². The zero-order valence-corrected chi connectivity index (χ0v) is 12.2. The molecule has 0 amide bonds. The quantitative estimate of drug-likeness (QED) is 0.900. The van der Waals surface area contributed by atoms with E-state index in [4.69, 9.17) is 23.2 Å². The van der Waals surface area contributed by atoms with Crippen LogP contribution in [0.4, 0.5) is 10.1 Å². The van der Waals surface area contributed by atoms with Crippen molar-refractivity contribution in [1.29, 1.82) is 0 Å². The van der Waals surface area contributed by atoms with Gasteiger partial charge in [-0.1, -0.05) is 23.2 Å². The van der Waals surface area contributed by atoms with Crippen molar-refractivity contribution in [2.45, 2.75) is 13.5 Å². The molecule has 0 radical (unpaired) electrons. The summed E-state index contributed by atoms with van der Waals surface area (Å²) in [6, 6.07) is 7.57. The lowest BCUT2D eigenvalue weighted by Gasteiger charge is -2.12. The van der Waals surface area contributed by atoms with Gasteiger partial charge in [0.2, 0.25) is 0 Å². The molecule has 0 saturated heterocycles. The number of hydrogen-bond acceptors (Lipinski definition) is 2. The maximum Gasteiger partial charge on any atom is 0.139 e. The molecule has 0 saturated carbocycles. The number of benzene rings is 2. The van der Waals surface area contributed by atoms with Gasteiger partial charge in [0.25, 0.3) is 0 Å². The molecule has 108 valence electrons. The number of halogens is 3. The highest BCUT2D eigenvalue weighted by molar-refractivity contribution is 6.35. The Bertz CT molecular complexity index is 620. The summed E-state index contributed by atoms with van der Waals surface area (Å²) in [5, 5.41) is 13.6. The minimum Gasteiger partial charge on any atom is -0.506 e. The van der Waals surface area contributed by atoms with Crippen LogP contribution in [0.25, 0.3) is 0 Å². The van der Waals surface area contributed by atoms with E-state index in [1.807, 2.05) is 0 Å². The maximum absolute atomic E-state index is 13.0. The Hall–Kier alpha value is -1.49. The first-order valence-corrected chi connectivity index (χ1v) is 6.40. The highest BCUT2D eigenvalue weighted by atomic mass is 35.5. The van der Waals surface area contributed by atoms with Crippen LogP contribution in [0.15, 0.2) is 30.3 Å². The van der Waals surface area contributed by atoms with Crippen LogP contribution < -0.4 is 5.32 Å². The van der Waals surface area contributed by atoms with Crippen molar-refractivity contribution < 1.29 is 15.0 Å². The van der Waals surface area contributed by atoms with E-state index in [0.29, 0.717) is 17.1 Å². The highest BCUT2D eigenvalue weighted by Crippen LogP contribution is 2.31. The number of hydrogen-bond donors (Lipinski definition) is 2. The third-order valence-electron chi connectivity index (χ3n) is 2.76. The Labute approximate surface area is 126 Å². The first kappa shape index (κ1) is 16.6. The second kappa shape index (κ2) is 6.79. The first-order valence-electron chi connectivity index (χ1n) is 5.64. The maximum atomic E-state index is 13.0. The molecule has 0 heterocycles. The van der Waals surface area contributed by atoms with Crippen LogP contribution in [0.3, 0.4) is 0 Å². The Balaban J connectivity index is 0.00000200. The molecule has 0 aliphatic carbocycles. The van der Waals surface area contributed by atoms with Gasteiger partial charge in [-0.15, -0.1) is 0 Å². The van der Waals surface area contributed by atoms with Gasteiger partial charge in [0.15, 0.2) is 0 Å². The molecule has 4 N–H and O–H groups in total. The van der Waals surface area contributed by atoms with Crippen LogP contribution in [-0.2, 0) is 6.54 Å². The van der Waals surface area contributed by atoms with Gasteiger partial charge < -0.3 is 15.9 Å². The Kier molecular flexibility index (Phi) is 5.62. The second-order valence-corrected chi connectivity index (χ2v) is 5.05. The lowest BCUT2D eigenvalue weighted by atomic mass is 10.1. The largest absolute Gasteiger partial charge is 0.506 e. The molecule has 0 fully saturated rings. The van der Waals surface area contributed by atoms with Crippen molar-refractivity contribution in [2.75, 3.05) is 5.32 Å². The molecule has 6 heteroatoms. The smallest absolute Gasteiger partial charge is 0.139 e. The summed E-state index contributed by atoms with van der Waals surface area (Å²) in [6.45, 7) is 2.15. The summed E-state index contributed by atoms with van der Waals surface area (Å²) in [5.41, 5.74) is 2.16. The average molecular weight is 318 g/mol. The fourth-order valence-corrected chi connectivity index (χ4v) is 2.31. The Morgan fingerprint density at radius 3 is 2.55 bits per heavy atom. The molecule has 3 nitrogen and oxygen atoms in total. The third-order valence-corrected chi connectivity index (χ3v) is 3.27. The van der Waals surface area contributed by atoms with Gasteiger partial charge in [-0.3, -0.25) is 0 Å². The monoisotopic (exact) mass is 317 g/mol. The third kappa shape index (κ3) is 3.76. The van der Waals surface area contributed by atoms with Crippen LogP contribution in [0, 0.1) is 12.7 Å². The first-order chi connectivity index (χ1) is 8.97. The molecule has 0 aliphatic heterocycles. The summed E-state index contributed by atoms with van der Waals surface area (Å²) in [4.78, 5) is 0. The number of anilines is 1. The van der Waals surface area contributed by atoms with Crippen molar-refractivity contribution in [3.8, 4) is 5.75 Å². The van der Waals surface area contributed by atoms with E-state index in [2.05, 4.69) is 5.32 Å². The summed E-state index contributed by atoms with van der Waals surface area (Å²) < 4.78 is 13.0. The molecule has 0 aromatic heterocycles. The summed E-state index contributed by atoms with van der Waals surface area (Å²) >= 11 is 11.7. The Morgan fingerprint density at radius 1 is 1.20 bits per heavy atom. The highest BCUT2D eigenvalue weighted by Gasteiger charge is 2.08. The molecule has 0 aliphatic rings. The van der Waals surface area contributed by atoms with Gasteiger partial charge in [-0.2, -0.15) is 0 Å². The molecule has 20 heavy (non-hydrogen) atoms. The zero-order chi connectivity index (χ0) is 14.0. The summed E-state index contributed by atoms with van der Waals surface area (Å²) in [5.74, 6) is -0.282. The van der Waals surface area contributed by atoms with E-state index in [1.165, 1.54) is 18.2 Å².